The third-order valence-corrected chi connectivity index (χ3v) is 3.53. The Balaban J connectivity index is 2.26. The number of anilines is 2. The number of nitrogen functional groups attached to an aromatic ring is 1. The van der Waals surface area contributed by atoms with Gasteiger partial charge in [0.1, 0.15) is 5.75 Å². The van der Waals surface area contributed by atoms with Gasteiger partial charge in [-0.05, 0) is 53.2 Å². The molecule has 0 aliphatic carbocycles. The smallest absolute Gasteiger partial charge is 0.256 e. The van der Waals surface area contributed by atoms with E-state index in [4.69, 9.17) is 5.73 Å². The van der Waals surface area contributed by atoms with Crippen molar-refractivity contribution in [3.05, 3.63) is 52.0 Å². The molecular formula is C14H13BrN2O2. The largest absolute Gasteiger partial charge is 0.508 e. The van der Waals surface area contributed by atoms with Gasteiger partial charge in [0.15, 0.2) is 0 Å². The summed E-state index contributed by atoms with van der Waals surface area (Å²) in [6.07, 6.45) is 0. The van der Waals surface area contributed by atoms with Crippen molar-refractivity contribution in [3.8, 4) is 5.75 Å². The van der Waals surface area contributed by atoms with E-state index in [0.29, 0.717) is 22.5 Å². The number of phenolic OH excluding ortho intramolecular Hbond substituents is 1. The molecule has 0 spiro atoms. The molecule has 4 N–H and O–H groups in total. The number of nitrogens with two attached hydrogens (primary N) is 1. The molecule has 2 aromatic rings. The van der Waals surface area contributed by atoms with Crippen LogP contribution in [0.2, 0.25) is 0 Å². The minimum atomic E-state index is -0.282. The minimum Gasteiger partial charge on any atom is -0.508 e. The Morgan fingerprint density at radius 2 is 2.05 bits per heavy atom. The zero-order valence-corrected chi connectivity index (χ0v) is 11.9. The van der Waals surface area contributed by atoms with E-state index in [-0.39, 0.29) is 11.7 Å². The highest BCUT2D eigenvalue weighted by Crippen LogP contribution is 2.24. The fraction of sp³-hybridized carbons (Fsp3) is 0.0714. The van der Waals surface area contributed by atoms with Crippen LogP contribution in [0.3, 0.4) is 0 Å². The van der Waals surface area contributed by atoms with Gasteiger partial charge in [0.2, 0.25) is 0 Å². The predicted octanol–water partition coefficient (Wildman–Crippen LogP) is 3.30. The molecule has 4 nitrogen and oxygen atoms in total. The van der Waals surface area contributed by atoms with Gasteiger partial charge in [0, 0.05) is 27.0 Å². The number of aromatic hydroxyl groups is 1. The monoisotopic (exact) mass is 320 g/mol. The first-order valence-electron chi connectivity index (χ1n) is 5.64. The molecule has 5 heteroatoms. The number of carbonyl (C=O) groups excluding carboxylic acids is 1. The van der Waals surface area contributed by atoms with Gasteiger partial charge in [0.25, 0.3) is 5.91 Å². The molecule has 0 radical (unpaired) electrons. The van der Waals surface area contributed by atoms with Crippen LogP contribution < -0.4 is 11.1 Å². The second kappa shape index (κ2) is 5.32. The van der Waals surface area contributed by atoms with Crippen molar-refractivity contribution in [3.63, 3.8) is 0 Å². The second-order valence-electron chi connectivity index (χ2n) is 4.14. The molecule has 0 saturated carbocycles. The molecule has 2 rings (SSSR count). The van der Waals surface area contributed by atoms with Crippen molar-refractivity contribution in [2.24, 2.45) is 0 Å². The summed E-state index contributed by atoms with van der Waals surface area (Å²) in [7, 11) is 0. The Morgan fingerprint density at radius 3 is 2.74 bits per heavy atom. The summed E-state index contributed by atoms with van der Waals surface area (Å²) in [5.74, 6) is -0.182. The summed E-state index contributed by atoms with van der Waals surface area (Å²) >= 11 is 3.29. The molecular weight excluding hydrogens is 308 g/mol. The Hall–Kier alpha value is -2.01. The van der Waals surface area contributed by atoms with Gasteiger partial charge in [0.05, 0.1) is 0 Å². The van der Waals surface area contributed by atoms with Crippen molar-refractivity contribution in [1.29, 1.82) is 0 Å². The number of carbonyl (C=O) groups is 1. The number of nitrogens with one attached hydrogen (secondary N) is 1. The SMILES string of the molecule is Cc1c(O)cccc1C(=O)Nc1ccc(Br)c(N)c1. The minimum absolute atomic E-state index is 0.1000. The third kappa shape index (κ3) is 2.88. The van der Waals surface area contributed by atoms with Crippen LogP contribution in [0.5, 0.6) is 5.75 Å². The van der Waals surface area contributed by atoms with Gasteiger partial charge in [-0.3, -0.25) is 4.79 Å². The van der Waals surface area contributed by atoms with E-state index in [1.54, 1.807) is 43.3 Å². The lowest BCUT2D eigenvalue weighted by Crippen LogP contribution is -2.13. The summed E-state index contributed by atoms with van der Waals surface area (Å²) < 4.78 is 0.777. The molecule has 0 saturated heterocycles. The van der Waals surface area contributed by atoms with Crippen LogP contribution in [0.15, 0.2) is 40.9 Å². The van der Waals surface area contributed by atoms with E-state index in [1.807, 2.05) is 0 Å². The molecule has 0 bridgehead atoms. The summed E-state index contributed by atoms with van der Waals surface area (Å²) in [6.45, 7) is 1.69. The van der Waals surface area contributed by atoms with Crippen LogP contribution in [0.4, 0.5) is 11.4 Å². The van der Waals surface area contributed by atoms with Crippen molar-refractivity contribution >= 4 is 33.2 Å². The van der Waals surface area contributed by atoms with Crippen molar-refractivity contribution in [2.45, 2.75) is 6.92 Å². The lowest BCUT2D eigenvalue weighted by molar-refractivity contribution is 0.102. The summed E-state index contributed by atoms with van der Waals surface area (Å²) in [5, 5.41) is 12.3. The Kier molecular flexibility index (Phi) is 3.76. The predicted molar refractivity (Wildman–Crippen MR) is 79.4 cm³/mol. The topological polar surface area (TPSA) is 75.3 Å². The van der Waals surface area contributed by atoms with Crippen molar-refractivity contribution in [1.82, 2.24) is 0 Å². The number of hydrogen-bond acceptors (Lipinski definition) is 3. The van der Waals surface area contributed by atoms with Crippen LogP contribution in [-0.2, 0) is 0 Å². The lowest BCUT2D eigenvalue weighted by Gasteiger charge is -2.09. The van der Waals surface area contributed by atoms with Crippen LogP contribution in [-0.4, -0.2) is 11.0 Å². The average Bonchev–Trinajstić information content (AvgIpc) is 2.37. The van der Waals surface area contributed by atoms with Crippen molar-refractivity contribution < 1.29 is 9.90 Å². The average molecular weight is 321 g/mol. The quantitative estimate of drug-likeness (QED) is 0.743. The first-order chi connectivity index (χ1) is 8.99. The van der Waals surface area contributed by atoms with Crippen molar-refractivity contribution in [2.75, 3.05) is 11.1 Å². The zero-order chi connectivity index (χ0) is 14.0. The second-order valence-corrected chi connectivity index (χ2v) is 4.99. The maximum atomic E-state index is 12.1. The van der Waals surface area contributed by atoms with Crippen LogP contribution in [0.25, 0.3) is 0 Å². The maximum absolute atomic E-state index is 12.1. The molecule has 0 aliphatic heterocycles. The van der Waals surface area contributed by atoms with Gasteiger partial charge < -0.3 is 16.2 Å². The summed E-state index contributed by atoms with van der Waals surface area (Å²) in [4.78, 5) is 12.1. The maximum Gasteiger partial charge on any atom is 0.256 e. The number of hydrogen-bond donors (Lipinski definition) is 3. The van der Waals surface area contributed by atoms with Gasteiger partial charge in [-0.15, -0.1) is 0 Å². The normalized spacial score (nSPS) is 10.2. The van der Waals surface area contributed by atoms with Crippen LogP contribution in [0.1, 0.15) is 15.9 Å². The lowest BCUT2D eigenvalue weighted by atomic mass is 10.1. The number of halogens is 1. The molecule has 0 atom stereocenters. The van der Waals surface area contributed by atoms with Gasteiger partial charge in [-0.2, -0.15) is 0 Å². The van der Waals surface area contributed by atoms with E-state index in [9.17, 15) is 9.90 Å². The van der Waals surface area contributed by atoms with Gasteiger partial charge in [-0.1, -0.05) is 6.07 Å². The van der Waals surface area contributed by atoms with Crippen LogP contribution >= 0.6 is 15.9 Å². The van der Waals surface area contributed by atoms with E-state index in [1.165, 1.54) is 0 Å². The molecule has 19 heavy (non-hydrogen) atoms. The van der Waals surface area contributed by atoms with E-state index < -0.39 is 0 Å². The molecule has 2 aromatic carbocycles. The standard InChI is InChI=1S/C14H13BrN2O2/c1-8-10(3-2-4-13(8)18)14(19)17-9-5-6-11(15)12(16)7-9/h2-7,18H,16H2,1H3,(H,17,19). The molecule has 0 unspecified atom stereocenters. The van der Waals surface area contributed by atoms with Gasteiger partial charge in [-0.25, -0.2) is 0 Å². The Bertz CT molecular complexity index is 641. The fourth-order valence-electron chi connectivity index (χ4n) is 1.69. The molecule has 0 aromatic heterocycles. The molecule has 98 valence electrons. The van der Waals surface area contributed by atoms with E-state index in [2.05, 4.69) is 21.2 Å². The summed E-state index contributed by atoms with van der Waals surface area (Å²) in [5.41, 5.74) is 7.88. The fourth-order valence-corrected chi connectivity index (χ4v) is 1.94. The Labute approximate surface area is 119 Å². The highest BCUT2D eigenvalue weighted by atomic mass is 79.9. The number of phenols is 1. The van der Waals surface area contributed by atoms with E-state index >= 15 is 0 Å². The number of amides is 1. The highest BCUT2D eigenvalue weighted by Gasteiger charge is 2.11. The van der Waals surface area contributed by atoms with E-state index in [0.717, 1.165) is 4.47 Å². The third-order valence-electron chi connectivity index (χ3n) is 2.80. The molecule has 0 fully saturated rings. The first-order valence-corrected chi connectivity index (χ1v) is 6.43. The number of rotatable bonds is 2. The molecule has 0 aliphatic rings. The Morgan fingerprint density at radius 1 is 1.32 bits per heavy atom. The number of benzene rings is 2. The van der Waals surface area contributed by atoms with Crippen LogP contribution in [0, 0.1) is 6.92 Å². The van der Waals surface area contributed by atoms with Gasteiger partial charge >= 0.3 is 0 Å². The molecule has 0 heterocycles. The first kappa shape index (κ1) is 13.4. The molecule has 1 amide bonds. The zero-order valence-electron chi connectivity index (χ0n) is 10.3. The summed E-state index contributed by atoms with van der Waals surface area (Å²) in [6, 6.07) is 10.0. The highest BCUT2D eigenvalue weighted by molar-refractivity contribution is 9.10.